The molecule has 0 radical (unpaired) electrons. The molecule has 1 aliphatic carbocycles. The van der Waals surface area contributed by atoms with Gasteiger partial charge in [0, 0.05) is 44.1 Å². The molecule has 6 heteroatoms. The third-order valence-electron chi connectivity index (χ3n) is 7.19. The highest BCUT2D eigenvalue weighted by atomic mass is 16.2. The van der Waals surface area contributed by atoms with Crippen molar-refractivity contribution in [2.45, 2.75) is 44.3 Å². The van der Waals surface area contributed by atoms with Crippen molar-refractivity contribution in [2.75, 3.05) is 45.2 Å². The fraction of sp³-hybridized carbons (Fsp3) is 0.520. The normalized spacial score (nSPS) is 24.2. The number of nitrogens with one attached hydrogen (secondary N) is 1. The van der Waals surface area contributed by atoms with Crippen LogP contribution in [0.2, 0.25) is 0 Å². The van der Waals surface area contributed by atoms with Gasteiger partial charge in [-0.1, -0.05) is 18.2 Å². The summed E-state index contributed by atoms with van der Waals surface area (Å²) < 4.78 is 0. The van der Waals surface area contributed by atoms with Crippen LogP contribution in [0.4, 0.5) is 5.69 Å². The van der Waals surface area contributed by atoms with E-state index in [1.807, 2.05) is 18.1 Å². The quantitative estimate of drug-likeness (QED) is 0.825. The molecular formula is C25H33N5O. The number of hydrogen-bond donors (Lipinski definition) is 1. The molecule has 1 saturated heterocycles. The van der Waals surface area contributed by atoms with Crippen LogP contribution in [0.15, 0.2) is 36.5 Å². The minimum absolute atomic E-state index is 0.208. The van der Waals surface area contributed by atoms with Gasteiger partial charge in [0.05, 0.1) is 18.3 Å². The highest BCUT2D eigenvalue weighted by Gasteiger charge is 2.30. The van der Waals surface area contributed by atoms with E-state index in [9.17, 15) is 4.79 Å². The van der Waals surface area contributed by atoms with Gasteiger partial charge < -0.3 is 10.2 Å². The summed E-state index contributed by atoms with van der Waals surface area (Å²) in [5.41, 5.74) is 6.46. The van der Waals surface area contributed by atoms with Crippen LogP contribution in [0.25, 0.3) is 0 Å². The summed E-state index contributed by atoms with van der Waals surface area (Å²) in [5.74, 6) is 0.208. The monoisotopic (exact) mass is 419 g/mol. The maximum Gasteiger partial charge on any atom is 0.241 e. The number of fused-ring (bicyclic) bond motifs is 2. The number of rotatable bonds is 4. The number of hydrogen-bond acceptors (Lipinski definition) is 5. The zero-order chi connectivity index (χ0) is 21.4. The first-order valence-corrected chi connectivity index (χ1v) is 11.6. The molecule has 1 fully saturated rings. The van der Waals surface area contributed by atoms with Crippen LogP contribution in [-0.2, 0) is 24.2 Å². The molecule has 5 rings (SSSR count). The molecule has 3 aliphatic rings. The van der Waals surface area contributed by atoms with Crippen LogP contribution in [-0.4, -0.2) is 67.0 Å². The van der Waals surface area contributed by atoms with Crippen molar-refractivity contribution in [1.82, 2.24) is 20.1 Å². The van der Waals surface area contributed by atoms with Gasteiger partial charge in [-0.3, -0.25) is 19.6 Å². The van der Waals surface area contributed by atoms with Crippen molar-refractivity contribution in [3.63, 3.8) is 0 Å². The molecule has 0 bridgehead atoms. The van der Waals surface area contributed by atoms with Crippen molar-refractivity contribution in [3.05, 3.63) is 58.9 Å². The summed E-state index contributed by atoms with van der Waals surface area (Å²) >= 11 is 0. The van der Waals surface area contributed by atoms with Gasteiger partial charge in [0.2, 0.25) is 5.91 Å². The number of carbonyl (C=O) groups is 1. The third-order valence-corrected chi connectivity index (χ3v) is 7.19. The molecule has 2 aliphatic heterocycles. The van der Waals surface area contributed by atoms with Crippen molar-refractivity contribution in [2.24, 2.45) is 0 Å². The second-order valence-electron chi connectivity index (χ2n) is 9.38. The SMILES string of the molecule is CN1CCN(c2cccc3c2C[C@@H](CN(C)[C@H]2CCCc4cccnc42)NC3)C(=O)C1. The van der Waals surface area contributed by atoms with E-state index in [0.29, 0.717) is 18.6 Å². The van der Waals surface area contributed by atoms with Crippen LogP contribution in [0, 0.1) is 0 Å². The lowest BCUT2D eigenvalue weighted by molar-refractivity contribution is -0.120. The first kappa shape index (κ1) is 20.6. The Bertz CT molecular complexity index is 961. The van der Waals surface area contributed by atoms with Crippen molar-refractivity contribution >= 4 is 11.6 Å². The van der Waals surface area contributed by atoms with Crippen molar-refractivity contribution < 1.29 is 4.79 Å². The first-order valence-electron chi connectivity index (χ1n) is 11.6. The molecule has 1 N–H and O–H groups in total. The second-order valence-corrected chi connectivity index (χ2v) is 9.38. The first-order chi connectivity index (χ1) is 15.1. The molecular weight excluding hydrogens is 386 g/mol. The lowest BCUT2D eigenvalue weighted by Gasteiger charge is -2.38. The number of amides is 1. The fourth-order valence-electron chi connectivity index (χ4n) is 5.51. The summed E-state index contributed by atoms with van der Waals surface area (Å²) in [4.78, 5) is 24.0. The molecule has 0 unspecified atom stereocenters. The van der Waals surface area contributed by atoms with E-state index in [-0.39, 0.29) is 5.91 Å². The maximum absolute atomic E-state index is 12.7. The van der Waals surface area contributed by atoms with Crippen LogP contribution < -0.4 is 10.2 Å². The number of likely N-dealkylation sites (N-methyl/N-ethyl adjacent to an activating group) is 2. The Hall–Kier alpha value is -2.28. The van der Waals surface area contributed by atoms with E-state index >= 15 is 0 Å². The average Bonchev–Trinajstić information content (AvgIpc) is 2.78. The van der Waals surface area contributed by atoms with Gasteiger partial charge in [-0.25, -0.2) is 0 Å². The highest BCUT2D eigenvalue weighted by molar-refractivity contribution is 5.96. The summed E-state index contributed by atoms with van der Waals surface area (Å²) in [6, 6.07) is 11.5. The van der Waals surface area contributed by atoms with Gasteiger partial charge in [0.25, 0.3) is 0 Å². The van der Waals surface area contributed by atoms with Crippen molar-refractivity contribution in [3.8, 4) is 0 Å². The number of anilines is 1. The molecule has 3 heterocycles. The Morgan fingerprint density at radius 1 is 1.19 bits per heavy atom. The Balaban J connectivity index is 1.33. The number of aromatic nitrogens is 1. The van der Waals surface area contributed by atoms with E-state index in [1.165, 1.54) is 35.2 Å². The fourth-order valence-corrected chi connectivity index (χ4v) is 5.51. The smallest absolute Gasteiger partial charge is 0.241 e. The predicted octanol–water partition coefficient (Wildman–Crippen LogP) is 2.38. The van der Waals surface area contributed by atoms with E-state index in [0.717, 1.165) is 44.7 Å². The summed E-state index contributed by atoms with van der Waals surface area (Å²) in [6.07, 6.45) is 6.43. The molecule has 1 aromatic carbocycles. The molecule has 2 atom stereocenters. The molecule has 1 aromatic heterocycles. The minimum atomic E-state index is 0.208. The maximum atomic E-state index is 12.7. The number of piperazine rings is 1. The van der Waals surface area contributed by atoms with Crippen LogP contribution in [0.1, 0.15) is 41.3 Å². The number of carbonyl (C=O) groups excluding carboxylic acids is 1. The third kappa shape index (κ3) is 4.12. The number of aryl methyl sites for hydroxylation is 1. The Morgan fingerprint density at radius 3 is 2.94 bits per heavy atom. The van der Waals surface area contributed by atoms with Gasteiger partial charge in [-0.05, 0) is 68.6 Å². The van der Waals surface area contributed by atoms with E-state index in [1.54, 1.807) is 0 Å². The van der Waals surface area contributed by atoms with E-state index in [2.05, 4.69) is 52.5 Å². The lowest BCUT2D eigenvalue weighted by atomic mass is 9.89. The van der Waals surface area contributed by atoms with Gasteiger partial charge in [0.15, 0.2) is 0 Å². The summed E-state index contributed by atoms with van der Waals surface area (Å²) in [6.45, 7) is 4.04. The van der Waals surface area contributed by atoms with Crippen molar-refractivity contribution in [1.29, 1.82) is 0 Å². The second kappa shape index (κ2) is 8.69. The summed E-state index contributed by atoms with van der Waals surface area (Å²) in [5, 5.41) is 3.74. The topological polar surface area (TPSA) is 51.7 Å². The van der Waals surface area contributed by atoms with Gasteiger partial charge >= 0.3 is 0 Å². The number of pyridine rings is 1. The van der Waals surface area contributed by atoms with Gasteiger partial charge in [-0.2, -0.15) is 0 Å². The minimum Gasteiger partial charge on any atom is -0.310 e. The lowest BCUT2D eigenvalue weighted by Crippen LogP contribution is -2.50. The van der Waals surface area contributed by atoms with E-state index in [4.69, 9.17) is 4.98 Å². The summed E-state index contributed by atoms with van der Waals surface area (Å²) in [7, 11) is 4.26. The molecule has 164 valence electrons. The average molecular weight is 420 g/mol. The Kier molecular flexibility index (Phi) is 5.78. The standard InChI is InChI=1S/C25H33N5O/c1-28-12-13-30(24(31)17-28)22-9-4-7-19-15-27-20(14-21(19)22)16-29(2)23-10-3-6-18-8-5-11-26-25(18)23/h4-5,7-9,11,20,23,27H,3,6,10,12-17H2,1-2H3/t20-,23-/m0/s1. The molecule has 0 spiro atoms. The Morgan fingerprint density at radius 2 is 2.06 bits per heavy atom. The predicted molar refractivity (Wildman–Crippen MR) is 123 cm³/mol. The largest absolute Gasteiger partial charge is 0.310 e. The van der Waals surface area contributed by atoms with Crippen LogP contribution in [0.3, 0.4) is 0 Å². The zero-order valence-electron chi connectivity index (χ0n) is 18.7. The molecule has 1 amide bonds. The molecule has 0 saturated carbocycles. The van der Waals surface area contributed by atoms with Gasteiger partial charge in [0.1, 0.15) is 0 Å². The van der Waals surface area contributed by atoms with E-state index < -0.39 is 0 Å². The highest BCUT2D eigenvalue weighted by Crippen LogP contribution is 2.33. The molecule has 2 aromatic rings. The number of benzene rings is 1. The molecule has 31 heavy (non-hydrogen) atoms. The molecule has 6 nitrogen and oxygen atoms in total. The van der Waals surface area contributed by atoms with Crippen LogP contribution in [0.5, 0.6) is 0 Å². The number of nitrogens with zero attached hydrogens (tertiary/aromatic N) is 4. The van der Waals surface area contributed by atoms with Gasteiger partial charge in [-0.15, -0.1) is 0 Å². The van der Waals surface area contributed by atoms with Crippen LogP contribution >= 0.6 is 0 Å². The zero-order valence-corrected chi connectivity index (χ0v) is 18.7. The Labute approximate surface area is 185 Å².